The van der Waals surface area contributed by atoms with E-state index in [1.165, 1.54) is 11.2 Å². The average molecular weight is 463 g/mol. The summed E-state index contributed by atoms with van der Waals surface area (Å²) in [6.07, 6.45) is 0.138. The number of fused-ring (bicyclic) bond motifs is 5. The van der Waals surface area contributed by atoms with E-state index >= 15 is 0 Å². The van der Waals surface area contributed by atoms with Crippen molar-refractivity contribution < 1.29 is 14.6 Å². The number of cyclic esters (lactones) is 1. The van der Waals surface area contributed by atoms with Gasteiger partial charge in [-0.25, -0.2) is 9.78 Å². The van der Waals surface area contributed by atoms with Gasteiger partial charge in [0, 0.05) is 16.5 Å². The van der Waals surface area contributed by atoms with Gasteiger partial charge in [-0.05, 0) is 29.7 Å². The fourth-order valence-electron chi connectivity index (χ4n) is 5.68. The summed E-state index contributed by atoms with van der Waals surface area (Å²) >= 11 is 0. The highest BCUT2D eigenvalue weighted by Crippen LogP contribution is 2.38. The zero-order valence-corrected chi connectivity index (χ0v) is 20.9. The molecule has 7 heteroatoms. The fourth-order valence-corrected chi connectivity index (χ4v) is 9.33. The van der Waals surface area contributed by atoms with Gasteiger partial charge in [0.15, 0.2) is 5.60 Å². The number of para-hydroxylation sites is 1. The molecule has 172 valence electrons. The van der Waals surface area contributed by atoms with Crippen LogP contribution in [0.2, 0.25) is 19.1 Å². The first-order valence-corrected chi connectivity index (χ1v) is 14.9. The quantitative estimate of drug-likeness (QED) is 0.370. The number of ether oxygens (including phenoxy) is 1. The van der Waals surface area contributed by atoms with E-state index in [0.717, 1.165) is 22.2 Å². The molecule has 1 atom stereocenters. The average Bonchev–Trinajstić information content (AvgIpc) is 3.11. The lowest BCUT2D eigenvalue weighted by Crippen LogP contribution is -2.44. The van der Waals surface area contributed by atoms with E-state index in [1.807, 2.05) is 0 Å². The minimum atomic E-state index is -1.81. The molecule has 5 rings (SSSR count). The first-order chi connectivity index (χ1) is 15.6. The third-order valence-corrected chi connectivity index (χ3v) is 10.9. The predicted molar refractivity (Wildman–Crippen MR) is 131 cm³/mol. The Bertz CT molecular complexity index is 1370. The van der Waals surface area contributed by atoms with Crippen molar-refractivity contribution in [1.82, 2.24) is 9.55 Å². The first-order valence-electron chi connectivity index (χ1n) is 11.7. The van der Waals surface area contributed by atoms with Gasteiger partial charge < -0.3 is 14.4 Å². The summed E-state index contributed by atoms with van der Waals surface area (Å²) < 4.78 is 6.86. The van der Waals surface area contributed by atoms with Gasteiger partial charge in [0.25, 0.3) is 5.56 Å². The second-order valence-electron chi connectivity index (χ2n) is 10.5. The maximum Gasteiger partial charge on any atom is 0.343 e. The van der Waals surface area contributed by atoms with Crippen molar-refractivity contribution in [1.29, 1.82) is 0 Å². The fraction of sp³-hybridized carbons (Fsp3) is 0.423. The molecule has 0 saturated carbocycles. The standard InChI is InChI=1S/C26H30N2O4Si/c1-6-26(31)19-11-20-22-17(12-28(20)24(29)18(19)13-32-25(26)30)10-16-8-7-9-21(23(16)27-22)33(4,5)14-15(2)3/h7-11,15,31H,6,12-14H2,1-5H3/t26-/m0/s1. The molecule has 1 N–H and O–H groups in total. The predicted octanol–water partition coefficient (Wildman–Crippen LogP) is 3.65. The number of aliphatic hydroxyl groups is 1. The van der Waals surface area contributed by atoms with Crippen molar-refractivity contribution in [3.63, 3.8) is 0 Å². The third kappa shape index (κ3) is 3.20. The summed E-state index contributed by atoms with van der Waals surface area (Å²) in [5.74, 6) is -0.0936. The van der Waals surface area contributed by atoms with Gasteiger partial charge in [0.1, 0.15) is 6.61 Å². The van der Waals surface area contributed by atoms with Crippen molar-refractivity contribution in [2.45, 2.75) is 65.1 Å². The summed E-state index contributed by atoms with van der Waals surface area (Å²) in [5.41, 5.74) is 2.09. The third-order valence-electron chi connectivity index (χ3n) is 7.19. The van der Waals surface area contributed by atoms with Gasteiger partial charge in [-0.15, -0.1) is 0 Å². The second-order valence-corrected chi connectivity index (χ2v) is 15.2. The van der Waals surface area contributed by atoms with E-state index in [0.29, 0.717) is 29.3 Å². The van der Waals surface area contributed by atoms with E-state index < -0.39 is 19.6 Å². The van der Waals surface area contributed by atoms with Crippen molar-refractivity contribution >= 4 is 30.1 Å². The number of nitrogens with zero attached hydrogens (tertiary/aromatic N) is 2. The topological polar surface area (TPSA) is 81.4 Å². The highest BCUT2D eigenvalue weighted by atomic mass is 28.3. The van der Waals surface area contributed by atoms with E-state index in [1.54, 1.807) is 17.6 Å². The van der Waals surface area contributed by atoms with Crippen LogP contribution in [0, 0.1) is 5.92 Å². The van der Waals surface area contributed by atoms with E-state index in [2.05, 4.69) is 51.2 Å². The van der Waals surface area contributed by atoms with Gasteiger partial charge in [-0.1, -0.05) is 58.1 Å². The smallest absolute Gasteiger partial charge is 0.343 e. The number of pyridine rings is 2. The van der Waals surface area contributed by atoms with Crippen molar-refractivity contribution in [3.8, 4) is 11.4 Å². The van der Waals surface area contributed by atoms with Crippen LogP contribution in [0.15, 0.2) is 35.1 Å². The molecular formula is C26H30N2O4Si. The van der Waals surface area contributed by atoms with Crippen LogP contribution in [-0.4, -0.2) is 28.7 Å². The monoisotopic (exact) mass is 462 g/mol. The molecule has 0 fully saturated rings. The Kier molecular flexibility index (Phi) is 4.92. The number of aromatic nitrogens is 2. The Hall–Kier alpha value is -2.77. The van der Waals surface area contributed by atoms with Crippen molar-refractivity contribution in [3.05, 3.63) is 57.4 Å². The Morgan fingerprint density at radius 2 is 2.00 bits per heavy atom. The summed E-state index contributed by atoms with van der Waals surface area (Å²) in [7, 11) is -1.74. The molecule has 0 aliphatic carbocycles. The molecule has 2 aromatic heterocycles. The molecule has 3 aromatic rings. The van der Waals surface area contributed by atoms with Gasteiger partial charge >= 0.3 is 5.97 Å². The number of rotatable bonds is 4. The molecule has 33 heavy (non-hydrogen) atoms. The summed E-state index contributed by atoms with van der Waals surface area (Å²) in [6, 6.07) is 11.5. The van der Waals surface area contributed by atoms with E-state index in [4.69, 9.17) is 9.72 Å². The number of carbonyl (C=O) groups is 1. The van der Waals surface area contributed by atoms with Crippen molar-refractivity contribution in [2.75, 3.05) is 0 Å². The SMILES string of the molecule is CC[C@@]1(O)C(=O)OCc2c1cc1n(c2=O)Cc2cc3cccc([Si](C)(C)CC(C)C)c3nc2-1. The maximum absolute atomic E-state index is 13.4. The number of esters is 1. The normalized spacial score (nSPS) is 19.4. The molecule has 2 aliphatic rings. The molecule has 2 aliphatic heterocycles. The zero-order chi connectivity index (χ0) is 23.7. The molecular weight excluding hydrogens is 432 g/mol. The van der Waals surface area contributed by atoms with Gasteiger partial charge in [-0.3, -0.25) is 4.79 Å². The molecule has 0 amide bonds. The minimum absolute atomic E-state index is 0.111. The molecule has 0 radical (unpaired) electrons. The van der Waals surface area contributed by atoms with Gasteiger partial charge in [0.05, 0.1) is 37.1 Å². The largest absolute Gasteiger partial charge is 0.458 e. The van der Waals surface area contributed by atoms with Crippen LogP contribution >= 0.6 is 0 Å². The summed E-state index contributed by atoms with van der Waals surface area (Å²) in [4.78, 5) is 30.9. The molecule has 0 unspecified atom stereocenters. The van der Waals surface area contributed by atoms with Crippen LogP contribution in [0.1, 0.15) is 43.9 Å². The first kappa shape index (κ1) is 22.0. The molecule has 4 heterocycles. The van der Waals surface area contributed by atoms with Crippen molar-refractivity contribution in [2.24, 2.45) is 5.92 Å². The van der Waals surface area contributed by atoms with Crippen LogP contribution in [0.4, 0.5) is 0 Å². The second kappa shape index (κ2) is 7.37. The molecule has 0 bridgehead atoms. The summed E-state index contributed by atoms with van der Waals surface area (Å²) in [6.45, 7) is 11.3. The number of hydrogen-bond acceptors (Lipinski definition) is 5. The lowest BCUT2D eigenvalue weighted by molar-refractivity contribution is -0.172. The van der Waals surface area contributed by atoms with Crippen LogP contribution < -0.4 is 10.7 Å². The number of hydrogen-bond donors (Lipinski definition) is 1. The number of carbonyl (C=O) groups excluding carboxylic acids is 1. The maximum atomic E-state index is 13.4. The van der Waals surface area contributed by atoms with Crippen LogP contribution in [0.25, 0.3) is 22.3 Å². The molecule has 6 nitrogen and oxygen atoms in total. The van der Waals surface area contributed by atoms with Crippen LogP contribution in [0.3, 0.4) is 0 Å². The Labute approximate surface area is 194 Å². The zero-order valence-electron chi connectivity index (χ0n) is 19.9. The molecule has 0 saturated heterocycles. The highest BCUT2D eigenvalue weighted by Gasteiger charge is 2.45. The van der Waals surface area contributed by atoms with Gasteiger partial charge in [0.2, 0.25) is 0 Å². The minimum Gasteiger partial charge on any atom is -0.458 e. The Morgan fingerprint density at radius 1 is 1.24 bits per heavy atom. The Balaban J connectivity index is 1.75. The van der Waals surface area contributed by atoms with E-state index in [-0.39, 0.29) is 18.6 Å². The Morgan fingerprint density at radius 3 is 2.70 bits per heavy atom. The summed E-state index contributed by atoms with van der Waals surface area (Å²) in [5, 5.41) is 13.5. The lowest BCUT2D eigenvalue weighted by atomic mass is 9.86. The lowest BCUT2D eigenvalue weighted by Gasteiger charge is -2.31. The molecule has 0 spiro atoms. The molecule has 1 aromatic carbocycles. The van der Waals surface area contributed by atoms with Crippen LogP contribution in [0.5, 0.6) is 0 Å². The number of benzene rings is 1. The van der Waals surface area contributed by atoms with Gasteiger partial charge in [-0.2, -0.15) is 0 Å². The van der Waals surface area contributed by atoms with E-state index in [9.17, 15) is 14.7 Å². The van der Waals surface area contributed by atoms with Crippen LogP contribution in [-0.2, 0) is 28.3 Å². The highest BCUT2D eigenvalue weighted by molar-refractivity contribution is 6.91.